The van der Waals surface area contributed by atoms with Crippen molar-refractivity contribution in [2.75, 3.05) is 29.9 Å². The number of primary amides is 1. The minimum Gasteiger partial charge on any atom is -0.444 e. The van der Waals surface area contributed by atoms with Crippen LogP contribution in [-0.2, 0) is 26.6 Å². The number of carbonyl (C=O) groups is 2. The Morgan fingerprint density at radius 2 is 1.80 bits per heavy atom. The summed E-state index contributed by atoms with van der Waals surface area (Å²) in [5.74, 6) is 1.55. The van der Waals surface area contributed by atoms with Gasteiger partial charge in [0.1, 0.15) is 11.2 Å². The number of nitrogens with one attached hydrogen (secondary N) is 1. The van der Waals surface area contributed by atoms with Crippen LogP contribution in [0.25, 0.3) is 0 Å². The first-order valence-corrected chi connectivity index (χ1v) is 15.9. The molecule has 0 aliphatic carbocycles. The van der Waals surface area contributed by atoms with Crippen molar-refractivity contribution in [2.24, 2.45) is 5.73 Å². The van der Waals surface area contributed by atoms with Crippen molar-refractivity contribution in [1.82, 2.24) is 14.7 Å². The molecule has 4 N–H and O–H groups in total. The summed E-state index contributed by atoms with van der Waals surface area (Å²) >= 11 is 0.390. The van der Waals surface area contributed by atoms with Gasteiger partial charge in [-0.15, -0.1) is 23.5 Å². The van der Waals surface area contributed by atoms with Gasteiger partial charge in [0.25, 0.3) is 5.91 Å². The van der Waals surface area contributed by atoms with Gasteiger partial charge in [0.2, 0.25) is 11.1 Å². The van der Waals surface area contributed by atoms with Gasteiger partial charge in [-0.3, -0.25) is 9.48 Å². The number of hydrogen-bond donors (Lipinski definition) is 3. The van der Waals surface area contributed by atoms with Crippen molar-refractivity contribution in [3.05, 3.63) is 41.6 Å². The smallest absolute Gasteiger partial charge is 0.410 e. The average molecular weight is 618 g/mol. The quantitative estimate of drug-likeness (QED) is 0.352. The lowest BCUT2D eigenvalue weighted by atomic mass is 9.85. The predicted octanol–water partition coefficient (Wildman–Crippen LogP) is 4.92. The van der Waals surface area contributed by atoms with Crippen LogP contribution in [0.5, 0.6) is 0 Å². The molecule has 40 heavy (non-hydrogen) atoms. The normalized spacial score (nSPS) is 18.9. The maximum Gasteiger partial charge on any atom is 0.410 e. The third-order valence-corrected chi connectivity index (χ3v) is 10.5. The second-order valence-corrected chi connectivity index (χ2v) is 14.7. The molecule has 2 fully saturated rings. The summed E-state index contributed by atoms with van der Waals surface area (Å²) < 4.78 is 55.3. The number of likely N-dealkylation sites (tertiary alicyclic amines) is 1. The molecule has 10 nitrogen and oxygen atoms in total. The summed E-state index contributed by atoms with van der Waals surface area (Å²) in [4.78, 5) is 26.8. The largest absolute Gasteiger partial charge is 0.444 e. The molecule has 15 heteroatoms. The summed E-state index contributed by atoms with van der Waals surface area (Å²) in [5.41, 5.74) is 4.43. The van der Waals surface area contributed by atoms with Gasteiger partial charge < -0.3 is 25.2 Å². The van der Waals surface area contributed by atoms with Crippen LogP contribution in [0.1, 0.15) is 56.0 Å². The number of halogens is 2. The Labute approximate surface area is 242 Å². The van der Waals surface area contributed by atoms with E-state index >= 15 is 0 Å². The molecule has 0 bridgehead atoms. The zero-order valence-electron chi connectivity index (χ0n) is 22.4. The van der Waals surface area contributed by atoms with Crippen molar-refractivity contribution < 1.29 is 31.9 Å². The van der Waals surface area contributed by atoms with Crippen molar-refractivity contribution in [2.45, 2.75) is 61.0 Å². The number of anilines is 2. The zero-order chi connectivity index (χ0) is 29.3. The Hall–Kier alpha value is -2.36. The number of aromatic nitrogens is 2. The van der Waals surface area contributed by atoms with E-state index in [0.717, 1.165) is 30.1 Å². The first-order chi connectivity index (χ1) is 18.7. The van der Waals surface area contributed by atoms with Gasteiger partial charge in [-0.1, -0.05) is 0 Å². The van der Waals surface area contributed by atoms with Crippen LogP contribution in [-0.4, -0.2) is 70.2 Å². The topological polar surface area (TPSA) is 140 Å². The highest BCUT2D eigenvalue weighted by atomic mass is 32.2. The van der Waals surface area contributed by atoms with Crippen LogP contribution < -0.4 is 11.1 Å². The van der Waals surface area contributed by atoms with Crippen LogP contribution >= 0.6 is 23.5 Å². The van der Waals surface area contributed by atoms with E-state index in [-0.39, 0.29) is 17.5 Å². The van der Waals surface area contributed by atoms with Crippen molar-refractivity contribution in [3.63, 3.8) is 0 Å². The van der Waals surface area contributed by atoms with Gasteiger partial charge in [0, 0.05) is 42.0 Å². The molecule has 0 spiro atoms. The van der Waals surface area contributed by atoms with Crippen molar-refractivity contribution >= 4 is 58.1 Å². The lowest BCUT2D eigenvalue weighted by molar-refractivity contribution is 0.00949. The van der Waals surface area contributed by atoms with Gasteiger partial charge in [0.15, 0.2) is 5.82 Å². The lowest BCUT2D eigenvalue weighted by Gasteiger charge is -2.43. The number of piperidine rings is 1. The van der Waals surface area contributed by atoms with E-state index in [1.165, 1.54) is 12.1 Å². The summed E-state index contributed by atoms with van der Waals surface area (Å²) in [5, 5.41) is 3.76. The minimum atomic E-state index is -3.92. The molecule has 1 aromatic heterocycles. The molecule has 2 saturated heterocycles. The maximum atomic E-state index is 13.9. The van der Waals surface area contributed by atoms with Gasteiger partial charge >= 0.3 is 11.3 Å². The van der Waals surface area contributed by atoms with E-state index in [0.29, 0.717) is 36.2 Å². The molecule has 3 heterocycles. The molecule has 4 rings (SSSR count). The fourth-order valence-corrected chi connectivity index (χ4v) is 8.12. The SMILES string of the molecule is CC(C)(C)OC(=O)N1CCC(CC2SCCS2)(n2cc(C(N)=O)c(Nc3ccc(C(F)(F)S(=O)O)cc3)n2)CC1. The van der Waals surface area contributed by atoms with E-state index < -0.39 is 38.9 Å². The number of hydrogen-bond acceptors (Lipinski definition) is 8. The fourth-order valence-electron chi connectivity index (χ4n) is 4.67. The number of rotatable bonds is 8. The summed E-state index contributed by atoms with van der Waals surface area (Å²) in [7, 11) is 0. The second kappa shape index (κ2) is 11.9. The molecular weight excluding hydrogens is 585 g/mol. The van der Waals surface area contributed by atoms with E-state index in [4.69, 9.17) is 20.1 Å². The van der Waals surface area contributed by atoms with Crippen LogP contribution in [0.2, 0.25) is 0 Å². The molecule has 1 aromatic carbocycles. The number of nitrogens with zero attached hydrogens (tertiary/aromatic N) is 3. The first-order valence-electron chi connectivity index (χ1n) is 12.7. The average Bonchev–Trinajstić information content (AvgIpc) is 3.54. The van der Waals surface area contributed by atoms with Crippen LogP contribution in [0.3, 0.4) is 0 Å². The Bertz CT molecular complexity index is 1250. The van der Waals surface area contributed by atoms with Crippen molar-refractivity contribution in [1.29, 1.82) is 0 Å². The molecular formula is C25H33F2N5O5S3. The van der Waals surface area contributed by atoms with Crippen LogP contribution in [0.4, 0.5) is 25.1 Å². The Morgan fingerprint density at radius 1 is 1.20 bits per heavy atom. The van der Waals surface area contributed by atoms with E-state index in [2.05, 4.69) is 5.32 Å². The van der Waals surface area contributed by atoms with Gasteiger partial charge in [0.05, 0.1) is 10.1 Å². The molecule has 2 aromatic rings. The summed E-state index contributed by atoms with van der Waals surface area (Å²) in [6, 6.07) is 4.67. The molecule has 0 saturated carbocycles. The van der Waals surface area contributed by atoms with Gasteiger partial charge in [-0.05, 0) is 64.3 Å². The highest BCUT2D eigenvalue weighted by Gasteiger charge is 2.43. The molecule has 1 unspecified atom stereocenters. The van der Waals surface area contributed by atoms with Gasteiger partial charge in [-0.2, -0.15) is 13.9 Å². The number of amides is 2. The molecule has 0 radical (unpaired) electrons. The Kier molecular flexibility index (Phi) is 9.07. The number of benzene rings is 1. The highest BCUT2D eigenvalue weighted by molar-refractivity contribution is 8.20. The molecule has 2 amide bonds. The summed E-state index contributed by atoms with van der Waals surface area (Å²) in [6.07, 6.45) is 3.18. The minimum absolute atomic E-state index is 0.131. The lowest BCUT2D eigenvalue weighted by Crippen LogP contribution is -2.50. The number of carbonyl (C=O) groups excluding carboxylic acids is 2. The standard InChI is InChI=1S/C25H33F2N5O5S3/c1-23(2,3)37-22(34)31-10-8-24(9-11-31,14-19-38-12-13-39-19)32-15-18(20(28)33)21(30-32)29-17-6-4-16(5-7-17)25(26,27)40(35)36/h4-7,15,19H,8-14H2,1-3H3,(H2,28,33)(H,29,30)(H,35,36). The van der Waals surface area contributed by atoms with Crippen molar-refractivity contribution in [3.8, 4) is 0 Å². The Balaban J connectivity index is 1.60. The molecule has 2 aliphatic heterocycles. The number of ether oxygens (including phenoxy) is 1. The predicted molar refractivity (Wildman–Crippen MR) is 153 cm³/mol. The van der Waals surface area contributed by atoms with E-state index in [1.807, 2.05) is 44.3 Å². The third kappa shape index (κ3) is 6.92. The maximum absolute atomic E-state index is 13.9. The summed E-state index contributed by atoms with van der Waals surface area (Å²) in [6.45, 7) is 6.37. The highest BCUT2D eigenvalue weighted by Crippen LogP contribution is 2.44. The third-order valence-electron chi connectivity index (χ3n) is 6.75. The first kappa shape index (κ1) is 30.6. The van der Waals surface area contributed by atoms with Gasteiger partial charge in [-0.25, -0.2) is 9.00 Å². The fraction of sp³-hybridized carbons (Fsp3) is 0.560. The number of thioether (sulfide) groups is 2. The molecule has 2 aliphatic rings. The number of nitrogens with two attached hydrogens (primary N) is 1. The number of alkyl halides is 2. The van der Waals surface area contributed by atoms with E-state index in [9.17, 15) is 22.6 Å². The van der Waals surface area contributed by atoms with E-state index in [1.54, 1.807) is 15.8 Å². The van der Waals surface area contributed by atoms with Crippen LogP contribution in [0.15, 0.2) is 30.5 Å². The van der Waals surface area contributed by atoms with Crippen LogP contribution in [0, 0.1) is 0 Å². The molecule has 220 valence electrons. The monoisotopic (exact) mass is 617 g/mol. The second-order valence-electron chi connectivity index (χ2n) is 10.7. The molecule has 1 atom stereocenters. The zero-order valence-corrected chi connectivity index (χ0v) is 24.8. The Morgan fingerprint density at radius 3 is 2.33 bits per heavy atom.